The van der Waals surface area contributed by atoms with Crippen LogP contribution in [0, 0.1) is 27.7 Å². The minimum Gasteiger partial charge on any atom is -0.356 e. The number of aromatic nitrogens is 4. The van der Waals surface area contributed by atoms with Crippen molar-refractivity contribution in [2.45, 2.75) is 53.4 Å². The van der Waals surface area contributed by atoms with E-state index in [4.69, 9.17) is 0 Å². The van der Waals surface area contributed by atoms with E-state index in [1.165, 1.54) is 23.0 Å². The maximum atomic E-state index is 12.2. The largest absolute Gasteiger partial charge is 0.356 e. The second-order valence-corrected chi connectivity index (χ2v) is 7.12. The van der Waals surface area contributed by atoms with Gasteiger partial charge in [-0.2, -0.15) is 10.1 Å². The van der Waals surface area contributed by atoms with Crippen LogP contribution in [0.1, 0.15) is 46.5 Å². The summed E-state index contributed by atoms with van der Waals surface area (Å²) in [5.74, 6) is 0.678. The lowest BCUT2D eigenvalue weighted by atomic mass is 10.0. The maximum absolute atomic E-state index is 12.2. The van der Waals surface area contributed by atoms with Crippen molar-refractivity contribution in [3.8, 4) is 0 Å². The van der Waals surface area contributed by atoms with E-state index in [-0.39, 0.29) is 5.91 Å². The zero-order valence-electron chi connectivity index (χ0n) is 16.5. The van der Waals surface area contributed by atoms with Crippen LogP contribution in [0.15, 0.2) is 24.5 Å². The molecule has 3 aromatic rings. The molecule has 0 atom stereocenters. The number of rotatable bonds is 7. The molecule has 0 fully saturated rings. The summed E-state index contributed by atoms with van der Waals surface area (Å²) in [6.45, 7) is 8.90. The Labute approximate surface area is 160 Å². The fourth-order valence-electron chi connectivity index (χ4n) is 3.48. The normalized spacial score (nSPS) is 11.1. The zero-order chi connectivity index (χ0) is 19.4. The third-order valence-corrected chi connectivity index (χ3v) is 5.03. The van der Waals surface area contributed by atoms with E-state index in [0.29, 0.717) is 25.2 Å². The van der Waals surface area contributed by atoms with Crippen molar-refractivity contribution in [2.75, 3.05) is 6.54 Å². The van der Waals surface area contributed by atoms with Gasteiger partial charge in [0.25, 0.3) is 5.78 Å². The summed E-state index contributed by atoms with van der Waals surface area (Å²) in [4.78, 5) is 20.8. The van der Waals surface area contributed by atoms with E-state index in [9.17, 15) is 4.79 Å². The molecule has 0 bridgehead atoms. The summed E-state index contributed by atoms with van der Waals surface area (Å²) < 4.78 is 1.73. The molecule has 27 heavy (non-hydrogen) atoms. The topological polar surface area (TPSA) is 72.2 Å². The van der Waals surface area contributed by atoms with Crippen LogP contribution in [0.4, 0.5) is 0 Å². The Hall–Kier alpha value is -2.76. The predicted octanol–water partition coefficient (Wildman–Crippen LogP) is 3.04. The molecular weight excluding hydrogens is 338 g/mol. The Balaban J connectivity index is 1.47. The summed E-state index contributed by atoms with van der Waals surface area (Å²) in [5.41, 5.74) is 6.94. The van der Waals surface area contributed by atoms with Gasteiger partial charge in [0, 0.05) is 24.4 Å². The Morgan fingerprint density at radius 3 is 2.74 bits per heavy atom. The molecule has 2 aromatic heterocycles. The Morgan fingerprint density at radius 1 is 1.15 bits per heavy atom. The van der Waals surface area contributed by atoms with Crippen LogP contribution in [0.25, 0.3) is 5.78 Å². The van der Waals surface area contributed by atoms with E-state index in [0.717, 1.165) is 29.8 Å². The molecular formula is C21H27N5O. The van der Waals surface area contributed by atoms with Crippen LogP contribution in [0.2, 0.25) is 0 Å². The number of hydrogen-bond acceptors (Lipinski definition) is 4. The molecule has 142 valence electrons. The summed E-state index contributed by atoms with van der Waals surface area (Å²) in [5, 5.41) is 7.22. The molecule has 1 aromatic carbocycles. The third-order valence-electron chi connectivity index (χ3n) is 5.03. The van der Waals surface area contributed by atoms with Crippen molar-refractivity contribution >= 4 is 11.7 Å². The Kier molecular flexibility index (Phi) is 5.84. The molecule has 2 heterocycles. The first kappa shape index (κ1) is 19.0. The lowest BCUT2D eigenvalue weighted by molar-refractivity contribution is -0.121. The highest BCUT2D eigenvalue weighted by Crippen LogP contribution is 2.15. The van der Waals surface area contributed by atoms with Crippen LogP contribution in [-0.2, 0) is 17.6 Å². The lowest BCUT2D eigenvalue weighted by Crippen LogP contribution is -2.25. The number of fused-ring (bicyclic) bond motifs is 1. The maximum Gasteiger partial charge on any atom is 0.252 e. The van der Waals surface area contributed by atoms with Crippen molar-refractivity contribution in [3.63, 3.8) is 0 Å². The van der Waals surface area contributed by atoms with Gasteiger partial charge in [-0.1, -0.05) is 23.8 Å². The van der Waals surface area contributed by atoms with Gasteiger partial charge in [-0.15, -0.1) is 0 Å². The van der Waals surface area contributed by atoms with Crippen molar-refractivity contribution in [1.82, 2.24) is 24.9 Å². The smallest absolute Gasteiger partial charge is 0.252 e. The fourth-order valence-corrected chi connectivity index (χ4v) is 3.48. The zero-order valence-corrected chi connectivity index (χ0v) is 16.5. The lowest BCUT2D eigenvalue weighted by Gasteiger charge is -2.11. The molecule has 6 nitrogen and oxygen atoms in total. The summed E-state index contributed by atoms with van der Waals surface area (Å²) in [6, 6.07) is 6.54. The van der Waals surface area contributed by atoms with Gasteiger partial charge in [0.15, 0.2) is 0 Å². The van der Waals surface area contributed by atoms with Crippen molar-refractivity contribution in [2.24, 2.45) is 0 Å². The first-order valence-corrected chi connectivity index (χ1v) is 9.44. The molecule has 0 saturated carbocycles. The molecule has 0 aliphatic rings. The molecule has 0 unspecified atom stereocenters. The first-order valence-electron chi connectivity index (χ1n) is 9.44. The van der Waals surface area contributed by atoms with E-state index < -0.39 is 0 Å². The standard InChI is InChI=1S/C21H27N5O/c1-14-7-8-18(15(2)12-14)6-5-11-22-20(27)10-9-19-16(3)25-21-23-13-24-26(21)17(19)4/h7-8,12-13H,5-6,9-11H2,1-4H3,(H,22,27). The van der Waals surface area contributed by atoms with E-state index in [1.807, 2.05) is 13.8 Å². The quantitative estimate of drug-likeness (QED) is 0.653. The van der Waals surface area contributed by atoms with Gasteiger partial charge in [-0.05, 0) is 63.6 Å². The summed E-state index contributed by atoms with van der Waals surface area (Å²) in [6.07, 6.45) is 4.54. The van der Waals surface area contributed by atoms with Gasteiger partial charge < -0.3 is 5.32 Å². The van der Waals surface area contributed by atoms with Gasteiger partial charge in [0.1, 0.15) is 6.33 Å². The number of benzene rings is 1. The number of aryl methyl sites for hydroxylation is 5. The second-order valence-electron chi connectivity index (χ2n) is 7.12. The van der Waals surface area contributed by atoms with Crippen LogP contribution < -0.4 is 5.32 Å². The highest BCUT2D eigenvalue weighted by molar-refractivity contribution is 5.76. The number of carbonyl (C=O) groups excluding carboxylic acids is 1. The van der Waals surface area contributed by atoms with Gasteiger partial charge in [0.05, 0.1) is 0 Å². The van der Waals surface area contributed by atoms with Gasteiger partial charge >= 0.3 is 0 Å². The minimum atomic E-state index is 0.0770. The SMILES string of the molecule is Cc1ccc(CCCNC(=O)CCc2c(C)nc3ncnn3c2C)c(C)c1. The predicted molar refractivity (Wildman–Crippen MR) is 106 cm³/mol. The van der Waals surface area contributed by atoms with Crippen molar-refractivity contribution in [3.05, 3.63) is 58.2 Å². The molecule has 0 spiro atoms. The Morgan fingerprint density at radius 2 is 1.96 bits per heavy atom. The number of amides is 1. The summed E-state index contributed by atoms with van der Waals surface area (Å²) >= 11 is 0. The summed E-state index contributed by atoms with van der Waals surface area (Å²) in [7, 11) is 0. The molecule has 0 radical (unpaired) electrons. The molecule has 1 N–H and O–H groups in total. The number of nitrogens with zero attached hydrogens (tertiary/aromatic N) is 4. The van der Waals surface area contributed by atoms with Gasteiger partial charge in [-0.3, -0.25) is 4.79 Å². The average molecular weight is 365 g/mol. The van der Waals surface area contributed by atoms with Crippen LogP contribution in [0.3, 0.4) is 0 Å². The number of carbonyl (C=O) groups is 1. The van der Waals surface area contributed by atoms with Crippen molar-refractivity contribution in [1.29, 1.82) is 0 Å². The van der Waals surface area contributed by atoms with Crippen LogP contribution in [0.5, 0.6) is 0 Å². The van der Waals surface area contributed by atoms with Gasteiger partial charge in [0.2, 0.25) is 5.91 Å². The van der Waals surface area contributed by atoms with Crippen LogP contribution >= 0.6 is 0 Å². The number of hydrogen-bond donors (Lipinski definition) is 1. The number of nitrogens with one attached hydrogen (secondary N) is 1. The average Bonchev–Trinajstić information content (AvgIpc) is 3.08. The fraction of sp³-hybridized carbons (Fsp3) is 0.429. The van der Waals surface area contributed by atoms with E-state index in [1.54, 1.807) is 4.52 Å². The highest BCUT2D eigenvalue weighted by atomic mass is 16.1. The third kappa shape index (κ3) is 4.51. The molecule has 3 rings (SSSR count). The minimum absolute atomic E-state index is 0.0770. The van der Waals surface area contributed by atoms with E-state index >= 15 is 0 Å². The first-order chi connectivity index (χ1) is 13.0. The molecule has 6 heteroatoms. The van der Waals surface area contributed by atoms with E-state index in [2.05, 4.69) is 52.4 Å². The monoisotopic (exact) mass is 365 g/mol. The Bertz CT molecular complexity index is 961. The highest BCUT2D eigenvalue weighted by Gasteiger charge is 2.12. The molecule has 1 amide bonds. The molecule has 0 aliphatic carbocycles. The molecule has 0 saturated heterocycles. The van der Waals surface area contributed by atoms with Gasteiger partial charge in [-0.25, -0.2) is 9.50 Å². The molecule has 0 aliphatic heterocycles. The van der Waals surface area contributed by atoms with Crippen LogP contribution in [-0.4, -0.2) is 32.0 Å². The van der Waals surface area contributed by atoms with Crippen molar-refractivity contribution < 1.29 is 4.79 Å². The second kappa shape index (κ2) is 8.29.